The third kappa shape index (κ3) is 3.71. The maximum atomic E-state index is 12.9. The molecule has 1 amide bonds. The van der Waals surface area contributed by atoms with E-state index in [0.717, 1.165) is 0 Å². The van der Waals surface area contributed by atoms with E-state index < -0.39 is 0 Å². The van der Waals surface area contributed by atoms with Crippen molar-refractivity contribution in [3.8, 4) is 0 Å². The van der Waals surface area contributed by atoms with Crippen LogP contribution >= 0.6 is 23.2 Å². The molecule has 0 saturated carbocycles. The lowest BCUT2D eigenvalue weighted by atomic mass is 10.2. The van der Waals surface area contributed by atoms with E-state index >= 15 is 0 Å². The number of carbonyl (C=O) groups excluding carboxylic acids is 1. The van der Waals surface area contributed by atoms with Gasteiger partial charge in [0.15, 0.2) is 0 Å². The fourth-order valence-electron chi connectivity index (χ4n) is 2.56. The van der Waals surface area contributed by atoms with Crippen molar-refractivity contribution in [3.63, 3.8) is 0 Å². The number of para-hydroxylation sites is 1. The van der Waals surface area contributed by atoms with Crippen LogP contribution in [-0.4, -0.2) is 31.8 Å². The van der Waals surface area contributed by atoms with Gasteiger partial charge in [0, 0.05) is 6.04 Å². The van der Waals surface area contributed by atoms with Gasteiger partial charge in [-0.2, -0.15) is 0 Å². The summed E-state index contributed by atoms with van der Waals surface area (Å²) in [6.07, 6.45) is 0. The molecule has 0 unspecified atom stereocenters. The maximum absolute atomic E-state index is 12.9. The molecule has 0 atom stereocenters. The van der Waals surface area contributed by atoms with Crippen LogP contribution in [-0.2, 0) is 6.54 Å². The summed E-state index contributed by atoms with van der Waals surface area (Å²) in [5.41, 5.74) is 0.387. The largest absolute Gasteiger partial charge is 0.327 e. The number of halogens is 2. The quantitative estimate of drug-likeness (QED) is 0.689. The molecule has 3 rings (SSSR count). The number of aromatic amines is 1. The van der Waals surface area contributed by atoms with E-state index in [-0.39, 0.29) is 39.9 Å². The van der Waals surface area contributed by atoms with Crippen molar-refractivity contribution in [1.29, 1.82) is 0 Å². The highest BCUT2D eigenvalue weighted by Crippen LogP contribution is 2.20. The van der Waals surface area contributed by atoms with Crippen LogP contribution in [0.5, 0.6) is 0 Å². The maximum Gasteiger partial charge on any atom is 0.274 e. The lowest BCUT2D eigenvalue weighted by molar-refractivity contribution is 0.0679. The molecule has 2 aromatic heterocycles. The Labute approximate surface area is 159 Å². The van der Waals surface area contributed by atoms with Gasteiger partial charge in [0.1, 0.15) is 16.7 Å². The molecule has 6 nitrogen and oxygen atoms in total. The second kappa shape index (κ2) is 7.43. The molecule has 0 aliphatic heterocycles. The standard InChI is InChI=1S/C18H16Cl2N4O2/c1-10(2)24(18(26)16-12(19)7-8-14(20)22-16)9-15-21-13-6-4-3-5-11(13)17(25)23-15/h3-8,10H,9H2,1-2H3,(H,21,23,25). The highest BCUT2D eigenvalue weighted by Gasteiger charge is 2.24. The molecule has 3 aromatic rings. The Morgan fingerprint density at radius 3 is 2.62 bits per heavy atom. The smallest absolute Gasteiger partial charge is 0.274 e. The number of rotatable bonds is 4. The highest BCUT2D eigenvalue weighted by molar-refractivity contribution is 6.34. The Bertz CT molecular complexity index is 1030. The molecule has 0 radical (unpaired) electrons. The van der Waals surface area contributed by atoms with E-state index in [4.69, 9.17) is 23.2 Å². The third-order valence-electron chi connectivity index (χ3n) is 3.88. The minimum Gasteiger partial charge on any atom is -0.327 e. The zero-order valence-electron chi connectivity index (χ0n) is 14.2. The van der Waals surface area contributed by atoms with Crippen LogP contribution in [0.4, 0.5) is 0 Å². The van der Waals surface area contributed by atoms with E-state index in [1.807, 2.05) is 13.8 Å². The minimum absolute atomic E-state index is 0.0657. The number of hydrogen-bond donors (Lipinski definition) is 1. The number of fused-ring (bicyclic) bond motifs is 1. The summed E-state index contributed by atoms with van der Waals surface area (Å²) < 4.78 is 0. The Kier molecular flexibility index (Phi) is 5.25. The average Bonchev–Trinajstić information content (AvgIpc) is 2.61. The molecule has 26 heavy (non-hydrogen) atoms. The van der Waals surface area contributed by atoms with Crippen LogP contribution in [0.15, 0.2) is 41.2 Å². The zero-order valence-corrected chi connectivity index (χ0v) is 15.7. The summed E-state index contributed by atoms with van der Waals surface area (Å²) in [6.45, 7) is 3.83. The van der Waals surface area contributed by atoms with Crippen molar-refractivity contribution >= 4 is 40.0 Å². The summed E-state index contributed by atoms with van der Waals surface area (Å²) >= 11 is 12.0. The van der Waals surface area contributed by atoms with Crippen LogP contribution in [0.3, 0.4) is 0 Å². The van der Waals surface area contributed by atoms with Crippen molar-refractivity contribution < 1.29 is 4.79 Å². The van der Waals surface area contributed by atoms with Crippen molar-refractivity contribution in [1.82, 2.24) is 19.9 Å². The van der Waals surface area contributed by atoms with Gasteiger partial charge in [0.25, 0.3) is 11.5 Å². The number of pyridine rings is 1. The topological polar surface area (TPSA) is 79.0 Å². The van der Waals surface area contributed by atoms with Gasteiger partial charge < -0.3 is 9.88 Å². The van der Waals surface area contributed by atoms with Gasteiger partial charge in [-0.05, 0) is 38.1 Å². The van der Waals surface area contributed by atoms with Gasteiger partial charge in [0.2, 0.25) is 0 Å². The molecule has 0 saturated heterocycles. The summed E-state index contributed by atoms with van der Waals surface area (Å²) in [7, 11) is 0. The van der Waals surface area contributed by atoms with Gasteiger partial charge in [-0.25, -0.2) is 9.97 Å². The number of carbonyl (C=O) groups is 1. The van der Waals surface area contributed by atoms with E-state index in [1.54, 1.807) is 24.3 Å². The van der Waals surface area contributed by atoms with Crippen LogP contribution in [0.2, 0.25) is 10.2 Å². The van der Waals surface area contributed by atoms with E-state index in [2.05, 4.69) is 15.0 Å². The number of H-pyrrole nitrogens is 1. The van der Waals surface area contributed by atoms with Gasteiger partial charge in [-0.3, -0.25) is 9.59 Å². The Morgan fingerprint density at radius 1 is 1.15 bits per heavy atom. The average molecular weight is 391 g/mol. The molecule has 1 aromatic carbocycles. The molecule has 2 heterocycles. The van der Waals surface area contributed by atoms with E-state index in [1.165, 1.54) is 17.0 Å². The van der Waals surface area contributed by atoms with Crippen LogP contribution in [0.25, 0.3) is 10.9 Å². The second-order valence-electron chi connectivity index (χ2n) is 6.02. The van der Waals surface area contributed by atoms with Gasteiger partial charge >= 0.3 is 0 Å². The van der Waals surface area contributed by atoms with Crippen LogP contribution in [0.1, 0.15) is 30.2 Å². The first-order valence-corrected chi connectivity index (χ1v) is 8.73. The number of benzene rings is 1. The normalized spacial score (nSPS) is 11.1. The fourth-order valence-corrected chi connectivity index (χ4v) is 2.90. The summed E-state index contributed by atoms with van der Waals surface area (Å²) in [5, 5.41) is 0.891. The number of hydrogen-bond acceptors (Lipinski definition) is 4. The number of aromatic nitrogens is 3. The van der Waals surface area contributed by atoms with Crippen LogP contribution in [0, 0.1) is 0 Å². The Balaban J connectivity index is 1.98. The number of nitrogens with zero attached hydrogens (tertiary/aromatic N) is 3. The van der Waals surface area contributed by atoms with Crippen molar-refractivity contribution in [2.45, 2.75) is 26.4 Å². The Morgan fingerprint density at radius 2 is 1.88 bits per heavy atom. The van der Waals surface area contributed by atoms with Crippen molar-refractivity contribution in [2.75, 3.05) is 0 Å². The fraction of sp³-hybridized carbons (Fsp3) is 0.222. The first-order valence-electron chi connectivity index (χ1n) is 7.97. The summed E-state index contributed by atoms with van der Waals surface area (Å²) in [6, 6.07) is 9.91. The Hall–Kier alpha value is -2.44. The van der Waals surface area contributed by atoms with Gasteiger partial charge in [-0.1, -0.05) is 35.3 Å². The predicted molar refractivity (Wildman–Crippen MR) is 102 cm³/mol. The first-order chi connectivity index (χ1) is 12.4. The van der Waals surface area contributed by atoms with Crippen LogP contribution < -0.4 is 5.56 Å². The summed E-state index contributed by atoms with van der Waals surface area (Å²) in [4.78, 5) is 37.9. The monoisotopic (exact) mass is 390 g/mol. The lowest BCUT2D eigenvalue weighted by Crippen LogP contribution is -2.38. The molecule has 0 fully saturated rings. The molecular weight excluding hydrogens is 375 g/mol. The molecular formula is C18H16Cl2N4O2. The van der Waals surface area contributed by atoms with Crippen molar-refractivity contribution in [3.05, 3.63) is 68.4 Å². The minimum atomic E-state index is -0.386. The van der Waals surface area contributed by atoms with Crippen molar-refractivity contribution in [2.24, 2.45) is 0 Å². The number of amides is 1. The lowest BCUT2D eigenvalue weighted by Gasteiger charge is -2.26. The predicted octanol–water partition coefficient (Wildman–Crippen LogP) is 3.68. The third-order valence-corrected chi connectivity index (χ3v) is 4.40. The number of nitrogens with one attached hydrogen (secondary N) is 1. The highest BCUT2D eigenvalue weighted by atomic mass is 35.5. The van der Waals surface area contributed by atoms with E-state index in [0.29, 0.717) is 16.7 Å². The zero-order chi connectivity index (χ0) is 18.8. The van der Waals surface area contributed by atoms with Gasteiger partial charge in [-0.15, -0.1) is 0 Å². The molecule has 0 aliphatic carbocycles. The van der Waals surface area contributed by atoms with E-state index in [9.17, 15) is 9.59 Å². The molecule has 8 heteroatoms. The summed E-state index contributed by atoms with van der Waals surface area (Å²) in [5.74, 6) is -0.00259. The molecule has 134 valence electrons. The molecule has 1 N–H and O–H groups in total. The van der Waals surface area contributed by atoms with Gasteiger partial charge in [0.05, 0.1) is 22.5 Å². The molecule has 0 spiro atoms. The first kappa shape index (κ1) is 18.4. The molecule has 0 bridgehead atoms. The SMILES string of the molecule is CC(C)N(Cc1nc2ccccc2c(=O)[nH]1)C(=O)c1nc(Cl)ccc1Cl. The second-order valence-corrected chi connectivity index (χ2v) is 6.82. The molecule has 0 aliphatic rings.